The predicted octanol–water partition coefficient (Wildman–Crippen LogP) is 7.06. The summed E-state index contributed by atoms with van der Waals surface area (Å²) in [6.07, 6.45) is 25.2. The third kappa shape index (κ3) is 4.79. The van der Waals surface area contributed by atoms with E-state index in [0.29, 0.717) is 28.6 Å². The van der Waals surface area contributed by atoms with Crippen molar-refractivity contribution < 1.29 is 0 Å². The summed E-state index contributed by atoms with van der Waals surface area (Å²) in [5, 5.41) is 8.64. The molecule has 7 rings (SSSR count). The van der Waals surface area contributed by atoms with Gasteiger partial charge in [-0.1, -0.05) is 51.8 Å². The molecule has 6 fully saturated rings. The van der Waals surface area contributed by atoms with Gasteiger partial charge in [0.1, 0.15) is 0 Å². The van der Waals surface area contributed by atoms with E-state index in [2.05, 4.69) is 58.9 Å². The highest BCUT2D eigenvalue weighted by Crippen LogP contribution is 2.67. The van der Waals surface area contributed by atoms with Crippen molar-refractivity contribution in [3.05, 3.63) is 23.8 Å². The summed E-state index contributed by atoms with van der Waals surface area (Å²) in [4.78, 5) is 0. The highest BCUT2D eigenvalue weighted by atomic mass is 31.1. The molecule has 4 heteroatoms. The van der Waals surface area contributed by atoms with E-state index in [4.69, 9.17) is 0 Å². The molecule has 0 aromatic carbocycles. The highest BCUT2D eigenvalue weighted by Gasteiger charge is 2.58. The highest BCUT2D eigenvalue weighted by molar-refractivity contribution is 7.40. The first kappa shape index (κ1) is 25.5. The summed E-state index contributed by atoms with van der Waals surface area (Å²) in [6, 6.07) is 1.17. The van der Waals surface area contributed by atoms with Crippen molar-refractivity contribution in [2.75, 3.05) is 13.1 Å². The average molecular weight is 515 g/mol. The minimum Gasteiger partial charge on any atom is -0.313 e. The normalized spacial score (nSPS) is 44.1. The van der Waals surface area contributed by atoms with E-state index in [1.54, 1.807) is 44.1 Å². The molecule has 0 amide bonds. The largest absolute Gasteiger partial charge is 0.313 e. The zero-order valence-corrected chi connectivity index (χ0v) is 24.9. The fraction of sp³-hybridized carbons (Fsp3) is 0.871. The van der Waals surface area contributed by atoms with Gasteiger partial charge in [-0.3, -0.25) is 0 Å². The molecule has 35 heavy (non-hydrogen) atoms. The first-order valence-electron chi connectivity index (χ1n) is 15.2. The zero-order chi connectivity index (χ0) is 24.3. The van der Waals surface area contributed by atoms with E-state index in [-0.39, 0.29) is 5.16 Å². The van der Waals surface area contributed by atoms with Crippen LogP contribution in [0.3, 0.4) is 0 Å². The first-order chi connectivity index (χ1) is 16.8. The molecule has 2 aliphatic heterocycles. The molecule has 4 saturated carbocycles. The second kappa shape index (κ2) is 9.78. The summed E-state index contributed by atoms with van der Waals surface area (Å²) in [5.41, 5.74) is 3.21. The van der Waals surface area contributed by atoms with E-state index in [1.807, 2.05) is 0 Å². The predicted molar refractivity (Wildman–Crippen MR) is 157 cm³/mol. The molecule has 2 N–H and O–H groups in total. The van der Waals surface area contributed by atoms with E-state index in [9.17, 15) is 0 Å². The van der Waals surface area contributed by atoms with E-state index < -0.39 is 0 Å². The summed E-state index contributed by atoms with van der Waals surface area (Å²) in [5.74, 6) is 3.74. The van der Waals surface area contributed by atoms with Gasteiger partial charge in [0.25, 0.3) is 0 Å². The fourth-order valence-electron chi connectivity index (χ4n) is 10.0. The lowest BCUT2D eigenvalue weighted by molar-refractivity contribution is -0.0579. The molecule has 0 aromatic rings. The van der Waals surface area contributed by atoms with Crippen molar-refractivity contribution in [3.63, 3.8) is 0 Å². The Bertz CT molecular complexity index is 774. The van der Waals surface area contributed by atoms with Crippen molar-refractivity contribution in [2.24, 2.45) is 29.1 Å². The molecule has 6 atom stereocenters. The Hall–Kier alpha value is 0.260. The average Bonchev–Trinajstić information content (AvgIpc) is 3.32. The van der Waals surface area contributed by atoms with Gasteiger partial charge in [-0.15, -0.1) is 17.8 Å². The quantitative estimate of drug-likeness (QED) is 0.371. The van der Waals surface area contributed by atoms with Crippen LogP contribution in [0.25, 0.3) is 0 Å². The smallest absolute Gasteiger partial charge is 0.0370 e. The van der Waals surface area contributed by atoms with Crippen molar-refractivity contribution in [1.29, 1.82) is 0 Å². The van der Waals surface area contributed by atoms with Gasteiger partial charge in [-0.2, -0.15) is 0 Å². The van der Waals surface area contributed by atoms with Crippen molar-refractivity contribution in [1.82, 2.24) is 10.6 Å². The Morgan fingerprint density at radius 1 is 0.886 bits per heavy atom. The van der Waals surface area contributed by atoms with Crippen LogP contribution in [0.1, 0.15) is 97.8 Å². The lowest BCUT2D eigenvalue weighted by Crippen LogP contribution is -2.63. The molecule has 0 spiro atoms. The Balaban J connectivity index is 1.38. The van der Waals surface area contributed by atoms with Gasteiger partial charge in [0.2, 0.25) is 0 Å². The molecule has 7 aliphatic rings. The van der Waals surface area contributed by atoms with Crippen LogP contribution in [0.4, 0.5) is 0 Å². The second-order valence-corrected chi connectivity index (χ2v) is 18.0. The third-order valence-corrected chi connectivity index (χ3v) is 14.2. The summed E-state index contributed by atoms with van der Waals surface area (Å²) < 4.78 is 0. The van der Waals surface area contributed by atoms with Gasteiger partial charge in [0.15, 0.2) is 0 Å². The summed E-state index contributed by atoms with van der Waals surface area (Å²) in [6.45, 7) is 9.98. The van der Waals surface area contributed by atoms with Gasteiger partial charge >= 0.3 is 0 Å². The number of nitrogens with one attached hydrogen (secondary N) is 2. The number of rotatable bonds is 6. The maximum atomic E-state index is 4.05. The number of allylic oxidation sites excluding steroid dienone is 3. The minimum absolute atomic E-state index is 0.137. The molecule has 5 aliphatic carbocycles. The van der Waals surface area contributed by atoms with E-state index in [1.165, 1.54) is 51.6 Å². The lowest BCUT2D eigenvalue weighted by atomic mass is 9.47. The lowest BCUT2D eigenvalue weighted by Gasteiger charge is -2.62. The maximum Gasteiger partial charge on any atom is 0.0370 e. The van der Waals surface area contributed by atoms with Crippen LogP contribution in [-0.2, 0) is 0 Å². The SMILES string of the molecule is CC(C)(C)PC(C1C=CC=C1C(P)(C1CCCCN1)C1CCCCN1)C12CC3CC(CC(C3)C1)C2. The molecule has 0 aromatic heterocycles. The fourth-order valence-corrected chi connectivity index (χ4v) is 13.0. The maximum absolute atomic E-state index is 4.05. The molecular weight excluding hydrogens is 462 g/mol. The Morgan fingerprint density at radius 3 is 1.89 bits per heavy atom. The van der Waals surface area contributed by atoms with Gasteiger partial charge in [0.05, 0.1) is 0 Å². The van der Waals surface area contributed by atoms with Crippen molar-refractivity contribution in [2.45, 2.75) is 126 Å². The summed E-state index contributed by atoms with van der Waals surface area (Å²) in [7, 11) is 4.59. The number of piperidine rings is 2. The number of hydrogen-bond acceptors (Lipinski definition) is 2. The molecule has 2 saturated heterocycles. The van der Waals surface area contributed by atoms with Crippen LogP contribution in [-0.4, -0.2) is 41.1 Å². The third-order valence-electron chi connectivity index (χ3n) is 10.9. The summed E-state index contributed by atoms with van der Waals surface area (Å²) >= 11 is 0. The topological polar surface area (TPSA) is 24.1 Å². The number of hydrogen-bond donors (Lipinski definition) is 2. The standard InChI is InChI=1S/C31H52N2P2/c1-29(2,3)35-28(30-18-21-15-22(19-30)17-23(16-21)20-30)24-9-8-10-25(24)31(34,26-11-4-6-13-32-26)27-12-5-7-14-33-27/h8-10,21-24,26-28,32-33,35H,4-7,11-20,34H2,1-3H3. The Kier molecular flexibility index (Phi) is 7.13. The van der Waals surface area contributed by atoms with Gasteiger partial charge < -0.3 is 10.6 Å². The first-order valence-corrected chi connectivity index (χ1v) is 16.8. The Labute approximate surface area is 220 Å². The van der Waals surface area contributed by atoms with Crippen LogP contribution >= 0.6 is 17.8 Å². The molecule has 2 nitrogen and oxygen atoms in total. The van der Waals surface area contributed by atoms with Crippen LogP contribution in [0, 0.1) is 29.1 Å². The molecule has 2 heterocycles. The van der Waals surface area contributed by atoms with E-state index >= 15 is 0 Å². The molecule has 6 unspecified atom stereocenters. The molecule has 0 radical (unpaired) electrons. The minimum atomic E-state index is 0.137. The molecular formula is C31H52N2P2. The Morgan fingerprint density at radius 2 is 1.43 bits per heavy atom. The van der Waals surface area contributed by atoms with Crippen LogP contribution in [0.15, 0.2) is 23.8 Å². The van der Waals surface area contributed by atoms with Crippen LogP contribution < -0.4 is 10.6 Å². The van der Waals surface area contributed by atoms with Gasteiger partial charge in [-0.05, 0) is 117 Å². The van der Waals surface area contributed by atoms with E-state index in [0.717, 1.165) is 32.0 Å². The van der Waals surface area contributed by atoms with Crippen molar-refractivity contribution in [3.8, 4) is 0 Å². The molecule has 4 bridgehead atoms. The zero-order valence-electron chi connectivity index (χ0n) is 22.8. The van der Waals surface area contributed by atoms with Gasteiger partial charge in [0, 0.05) is 23.2 Å². The van der Waals surface area contributed by atoms with Crippen molar-refractivity contribution >= 4 is 17.8 Å². The van der Waals surface area contributed by atoms with Gasteiger partial charge in [-0.25, -0.2) is 0 Å². The monoisotopic (exact) mass is 514 g/mol. The van der Waals surface area contributed by atoms with Crippen LogP contribution in [0.5, 0.6) is 0 Å². The molecule has 196 valence electrons. The van der Waals surface area contributed by atoms with Crippen LogP contribution in [0.2, 0.25) is 0 Å². The second-order valence-electron chi connectivity index (χ2n) is 14.6.